The molecule has 2 aromatic heterocycles. The number of hydrogen-bond donors (Lipinski definition) is 0. The average molecular weight is 354 g/mol. The van der Waals surface area contributed by atoms with Gasteiger partial charge in [-0.25, -0.2) is 15.0 Å². The highest BCUT2D eigenvalue weighted by molar-refractivity contribution is 5.67. The van der Waals surface area contributed by atoms with Crippen LogP contribution in [0.4, 0.5) is 0 Å². The van der Waals surface area contributed by atoms with Crippen molar-refractivity contribution in [3.8, 4) is 33.9 Å². The van der Waals surface area contributed by atoms with E-state index in [0.29, 0.717) is 17.5 Å². The molecule has 4 heteroatoms. The SMILES string of the molecule is CC.Cc1nc(-c2ccccc2)nc(-c2ccc(-c3cccnc3)cc2)n1. The molecule has 4 aromatic rings. The molecular weight excluding hydrogens is 332 g/mol. The number of nitrogens with zero attached hydrogens (tertiary/aromatic N) is 4. The smallest absolute Gasteiger partial charge is 0.163 e. The van der Waals surface area contributed by atoms with Gasteiger partial charge in [-0.2, -0.15) is 0 Å². The van der Waals surface area contributed by atoms with Crippen LogP contribution in [0.15, 0.2) is 79.1 Å². The minimum absolute atomic E-state index is 0.684. The highest BCUT2D eigenvalue weighted by Gasteiger charge is 2.08. The third kappa shape index (κ3) is 4.42. The van der Waals surface area contributed by atoms with E-state index < -0.39 is 0 Å². The standard InChI is InChI=1S/C21H16N4.C2H6/c1-15-23-20(17-6-3-2-4-7-17)25-21(24-15)18-11-9-16(10-12-18)19-8-5-13-22-14-19;1-2/h2-14H,1H3;1-2H3. The van der Waals surface area contributed by atoms with Crippen molar-refractivity contribution in [1.29, 1.82) is 0 Å². The van der Waals surface area contributed by atoms with E-state index in [1.165, 1.54) is 0 Å². The Morgan fingerprint density at radius 1 is 0.556 bits per heavy atom. The fourth-order valence-electron chi connectivity index (χ4n) is 2.67. The molecule has 0 bridgehead atoms. The van der Waals surface area contributed by atoms with Gasteiger partial charge < -0.3 is 0 Å². The summed E-state index contributed by atoms with van der Waals surface area (Å²) in [5.74, 6) is 2.09. The van der Waals surface area contributed by atoms with Crippen LogP contribution in [0.25, 0.3) is 33.9 Å². The van der Waals surface area contributed by atoms with Crippen molar-refractivity contribution in [3.63, 3.8) is 0 Å². The van der Waals surface area contributed by atoms with Gasteiger partial charge in [0.1, 0.15) is 5.82 Å². The number of aryl methyl sites for hydroxylation is 1. The van der Waals surface area contributed by atoms with E-state index >= 15 is 0 Å². The molecule has 27 heavy (non-hydrogen) atoms. The van der Waals surface area contributed by atoms with Crippen molar-refractivity contribution in [1.82, 2.24) is 19.9 Å². The maximum Gasteiger partial charge on any atom is 0.163 e. The second-order valence-electron chi connectivity index (χ2n) is 5.71. The molecule has 2 heterocycles. The molecule has 0 fully saturated rings. The van der Waals surface area contributed by atoms with E-state index in [4.69, 9.17) is 0 Å². The van der Waals surface area contributed by atoms with Crippen LogP contribution in [0.2, 0.25) is 0 Å². The lowest BCUT2D eigenvalue weighted by atomic mass is 10.1. The molecule has 0 atom stereocenters. The van der Waals surface area contributed by atoms with Gasteiger partial charge in [0.15, 0.2) is 11.6 Å². The lowest BCUT2D eigenvalue weighted by molar-refractivity contribution is 0.992. The van der Waals surface area contributed by atoms with Crippen LogP contribution in [0, 0.1) is 6.92 Å². The molecule has 4 nitrogen and oxygen atoms in total. The molecule has 0 spiro atoms. The Bertz CT molecular complexity index is 982. The van der Waals surface area contributed by atoms with Crippen molar-refractivity contribution in [2.45, 2.75) is 20.8 Å². The van der Waals surface area contributed by atoms with Gasteiger partial charge in [-0.05, 0) is 24.1 Å². The van der Waals surface area contributed by atoms with E-state index in [1.807, 2.05) is 81.6 Å². The average Bonchev–Trinajstić information content (AvgIpc) is 2.76. The summed E-state index contributed by atoms with van der Waals surface area (Å²) in [4.78, 5) is 17.8. The Balaban J connectivity index is 0.00000102. The second-order valence-corrected chi connectivity index (χ2v) is 5.71. The Labute approximate surface area is 160 Å². The van der Waals surface area contributed by atoms with E-state index in [2.05, 4.69) is 32.1 Å². The quantitative estimate of drug-likeness (QED) is 0.480. The lowest BCUT2D eigenvalue weighted by Crippen LogP contribution is -1.99. The van der Waals surface area contributed by atoms with Gasteiger partial charge in [-0.1, -0.05) is 74.5 Å². The van der Waals surface area contributed by atoms with Crippen molar-refractivity contribution >= 4 is 0 Å². The summed E-state index contributed by atoms with van der Waals surface area (Å²) in [6.45, 7) is 5.89. The zero-order valence-corrected chi connectivity index (χ0v) is 15.8. The van der Waals surface area contributed by atoms with Crippen LogP contribution in [0.5, 0.6) is 0 Å². The maximum absolute atomic E-state index is 4.64. The van der Waals surface area contributed by atoms with Crippen molar-refractivity contribution in [2.75, 3.05) is 0 Å². The normalized spacial score (nSPS) is 10.0. The van der Waals surface area contributed by atoms with Gasteiger partial charge >= 0.3 is 0 Å². The van der Waals surface area contributed by atoms with Crippen LogP contribution in [-0.2, 0) is 0 Å². The van der Waals surface area contributed by atoms with Gasteiger partial charge in [0.05, 0.1) is 0 Å². The molecule has 0 saturated heterocycles. The first-order valence-corrected chi connectivity index (χ1v) is 9.08. The Kier molecular flexibility index (Phi) is 6.00. The van der Waals surface area contributed by atoms with Crippen LogP contribution < -0.4 is 0 Å². The summed E-state index contributed by atoms with van der Waals surface area (Å²) in [6, 6.07) is 22.1. The summed E-state index contributed by atoms with van der Waals surface area (Å²) in [7, 11) is 0. The van der Waals surface area contributed by atoms with Gasteiger partial charge in [0, 0.05) is 23.5 Å². The fourth-order valence-corrected chi connectivity index (χ4v) is 2.67. The molecule has 0 unspecified atom stereocenters. The molecule has 134 valence electrons. The number of benzene rings is 2. The molecule has 0 aliphatic rings. The fraction of sp³-hybridized carbons (Fsp3) is 0.130. The molecule has 2 aromatic carbocycles. The zero-order chi connectivity index (χ0) is 19.1. The summed E-state index contributed by atoms with van der Waals surface area (Å²) >= 11 is 0. The number of pyridine rings is 1. The number of hydrogen-bond acceptors (Lipinski definition) is 4. The highest BCUT2D eigenvalue weighted by atomic mass is 15.0. The van der Waals surface area contributed by atoms with E-state index in [9.17, 15) is 0 Å². The number of aromatic nitrogens is 4. The first kappa shape index (κ1) is 18.4. The predicted molar refractivity (Wildman–Crippen MR) is 110 cm³/mol. The summed E-state index contributed by atoms with van der Waals surface area (Å²) < 4.78 is 0. The minimum atomic E-state index is 0.684. The molecule has 0 amide bonds. The Morgan fingerprint density at radius 3 is 1.70 bits per heavy atom. The van der Waals surface area contributed by atoms with Gasteiger partial charge in [-0.15, -0.1) is 0 Å². The van der Waals surface area contributed by atoms with Crippen molar-refractivity contribution in [3.05, 3.63) is 84.9 Å². The molecular formula is C23H22N4. The molecule has 0 aliphatic heterocycles. The zero-order valence-electron chi connectivity index (χ0n) is 15.8. The highest BCUT2D eigenvalue weighted by Crippen LogP contribution is 2.24. The predicted octanol–water partition coefficient (Wildman–Crippen LogP) is 5.60. The van der Waals surface area contributed by atoms with Crippen molar-refractivity contribution < 1.29 is 0 Å². The molecule has 0 aliphatic carbocycles. The summed E-state index contributed by atoms with van der Waals surface area (Å²) in [5, 5.41) is 0. The first-order chi connectivity index (χ1) is 13.3. The van der Waals surface area contributed by atoms with Gasteiger partial charge in [-0.3, -0.25) is 4.98 Å². The van der Waals surface area contributed by atoms with E-state index in [-0.39, 0.29) is 0 Å². The molecule has 0 saturated carbocycles. The lowest BCUT2D eigenvalue weighted by Gasteiger charge is -2.07. The summed E-state index contributed by atoms with van der Waals surface area (Å²) in [6.07, 6.45) is 3.63. The largest absolute Gasteiger partial charge is 0.264 e. The number of rotatable bonds is 3. The van der Waals surface area contributed by atoms with Crippen LogP contribution >= 0.6 is 0 Å². The molecule has 4 rings (SSSR count). The van der Waals surface area contributed by atoms with Crippen LogP contribution in [0.3, 0.4) is 0 Å². The molecule has 0 radical (unpaired) electrons. The Morgan fingerprint density at radius 2 is 1.11 bits per heavy atom. The third-order valence-corrected chi connectivity index (χ3v) is 3.92. The van der Waals surface area contributed by atoms with Crippen LogP contribution in [-0.4, -0.2) is 19.9 Å². The van der Waals surface area contributed by atoms with E-state index in [1.54, 1.807) is 6.20 Å². The molecule has 0 N–H and O–H groups in total. The van der Waals surface area contributed by atoms with Gasteiger partial charge in [0.25, 0.3) is 0 Å². The minimum Gasteiger partial charge on any atom is -0.264 e. The van der Waals surface area contributed by atoms with E-state index in [0.717, 1.165) is 22.3 Å². The van der Waals surface area contributed by atoms with Crippen molar-refractivity contribution in [2.24, 2.45) is 0 Å². The monoisotopic (exact) mass is 354 g/mol. The van der Waals surface area contributed by atoms with Crippen LogP contribution in [0.1, 0.15) is 19.7 Å². The first-order valence-electron chi connectivity index (χ1n) is 9.08. The Hall–Kier alpha value is -3.40. The topological polar surface area (TPSA) is 51.6 Å². The maximum atomic E-state index is 4.64. The third-order valence-electron chi connectivity index (χ3n) is 3.92. The second kappa shape index (κ2) is 8.81. The summed E-state index contributed by atoms with van der Waals surface area (Å²) in [5.41, 5.74) is 4.16. The van der Waals surface area contributed by atoms with Gasteiger partial charge in [0.2, 0.25) is 0 Å².